The number of hydrogen-bond donors (Lipinski definition) is 2. The fourth-order valence-electron chi connectivity index (χ4n) is 4.34. The summed E-state index contributed by atoms with van der Waals surface area (Å²) in [4.78, 5) is 30.6. The predicted octanol–water partition coefficient (Wildman–Crippen LogP) is 5.26. The molecule has 0 atom stereocenters. The zero-order valence-electron chi connectivity index (χ0n) is 17.3. The van der Waals surface area contributed by atoms with Crippen molar-refractivity contribution in [1.82, 2.24) is 9.88 Å². The second-order valence-corrected chi connectivity index (χ2v) is 8.17. The summed E-state index contributed by atoms with van der Waals surface area (Å²) in [6.07, 6.45) is 3.97. The van der Waals surface area contributed by atoms with E-state index in [0.29, 0.717) is 11.3 Å². The molecule has 0 spiro atoms. The Bertz CT molecular complexity index is 1130. The number of amides is 2. The minimum Gasteiger partial charge on any atom is -0.321 e. The van der Waals surface area contributed by atoms with Crippen LogP contribution in [0.15, 0.2) is 47.3 Å². The zero-order valence-corrected chi connectivity index (χ0v) is 17.3. The molecule has 0 radical (unpaired) electrons. The Kier molecular flexibility index (Phi) is 5.57. The number of aromatic nitrogens is 1. The maximum atomic E-state index is 13.2. The molecule has 1 fully saturated rings. The normalized spacial score (nSPS) is 14.2. The van der Waals surface area contributed by atoms with Crippen LogP contribution in [0, 0.1) is 19.7 Å². The Morgan fingerprint density at radius 3 is 2.53 bits per heavy atom. The van der Waals surface area contributed by atoms with Crippen LogP contribution in [-0.2, 0) is 6.54 Å². The number of carbonyl (C=O) groups excluding carboxylic acids is 1. The molecule has 0 aliphatic heterocycles. The van der Waals surface area contributed by atoms with Gasteiger partial charge in [0, 0.05) is 17.3 Å². The lowest BCUT2D eigenvalue weighted by Gasteiger charge is -2.29. The molecule has 3 aromatic rings. The van der Waals surface area contributed by atoms with E-state index in [1.807, 2.05) is 32.0 Å². The van der Waals surface area contributed by atoms with E-state index < -0.39 is 0 Å². The van der Waals surface area contributed by atoms with Crippen molar-refractivity contribution in [3.05, 3.63) is 75.3 Å². The predicted molar refractivity (Wildman–Crippen MR) is 117 cm³/mol. The number of aryl methyl sites for hydroxylation is 2. The molecule has 156 valence electrons. The number of carbonyl (C=O) groups is 1. The number of halogens is 1. The van der Waals surface area contributed by atoms with Crippen LogP contribution in [0.1, 0.15) is 42.4 Å². The van der Waals surface area contributed by atoms with Gasteiger partial charge in [0.25, 0.3) is 5.56 Å². The van der Waals surface area contributed by atoms with E-state index in [0.717, 1.165) is 47.7 Å². The third-order valence-electron chi connectivity index (χ3n) is 5.83. The number of nitrogens with zero attached hydrogens (tertiary/aromatic N) is 1. The second-order valence-electron chi connectivity index (χ2n) is 8.17. The lowest BCUT2D eigenvalue weighted by Crippen LogP contribution is -2.42. The van der Waals surface area contributed by atoms with Gasteiger partial charge in [-0.2, -0.15) is 0 Å². The van der Waals surface area contributed by atoms with E-state index in [9.17, 15) is 14.0 Å². The first kappa shape index (κ1) is 20.1. The molecule has 0 saturated heterocycles. The molecular formula is C24H26FN3O2. The Hall–Kier alpha value is -3.15. The number of H-pyrrole nitrogens is 1. The van der Waals surface area contributed by atoms with Gasteiger partial charge >= 0.3 is 6.03 Å². The number of pyridine rings is 1. The molecule has 5 nitrogen and oxygen atoms in total. The average molecular weight is 407 g/mol. The number of nitrogens with one attached hydrogen (secondary N) is 2. The number of aromatic amines is 1. The highest BCUT2D eigenvalue weighted by Gasteiger charge is 2.27. The van der Waals surface area contributed by atoms with Crippen molar-refractivity contribution >= 4 is 22.6 Å². The van der Waals surface area contributed by atoms with Gasteiger partial charge < -0.3 is 15.2 Å². The summed E-state index contributed by atoms with van der Waals surface area (Å²) in [5.74, 6) is -0.353. The minimum absolute atomic E-state index is 0.0831. The molecule has 0 unspecified atom stereocenters. The molecule has 2 N–H and O–H groups in total. The summed E-state index contributed by atoms with van der Waals surface area (Å²) in [6, 6.07) is 11.5. The third kappa shape index (κ3) is 4.22. The molecule has 30 heavy (non-hydrogen) atoms. The van der Waals surface area contributed by atoms with Gasteiger partial charge in [-0.3, -0.25) is 4.79 Å². The number of rotatable bonds is 4. The fraction of sp³-hybridized carbons (Fsp3) is 0.333. The van der Waals surface area contributed by atoms with E-state index in [2.05, 4.69) is 10.3 Å². The van der Waals surface area contributed by atoms with Gasteiger partial charge in [-0.25, -0.2) is 9.18 Å². The van der Waals surface area contributed by atoms with Gasteiger partial charge in [-0.1, -0.05) is 24.5 Å². The molecule has 6 heteroatoms. The highest BCUT2D eigenvalue weighted by molar-refractivity contribution is 5.89. The molecular weight excluding hydrogens is 381 g/mol. The Balaban J connectivity index is 1.65. The van der Waals surface area contributed by atoms with Crippen LogP contribution in [0.3, 0.4) is 0 Å². The number of benzene rings is 2. The molecule has 1 aliphatic carbocycles. The van der Waals surface area contributed by atoms with Crippen LogP contribution in [0.2, 0.25) is 0 Å². The van der Waals surface area contributed by atoms with Gasteiger partial charge in [-0.05, 0) is 74.0 Å². The largest absolute Gasteiger partial charge is 0.322 e. The Morgan fingerprint density at radius 1 is 1.13 bits per heavy atom. The summed E-state index contributed by atoms with van der Waals surface area (Å²) >= 11 is 0. The molecule has 2 aromatic carbocycles. The fourth-order valence-corrected chi connectivity index (χ4v) is 4.34. The van der Waals surface area contributed by atoms with Crippen molar-refractivity contribution in [3.8, 4) is 0 Å². The van der Waals surface area contributed by atoms with Crippen LogP contribution >= 0.6 is 0 Å². The number of hydrogen-bond acceptors (Lipinski definition) is 2. The van der Waals surface area contributed by atoms with Crippen LogP contribution in [0.25, 0.3) is 10.9 Å². The second kappa shape index (κ2) is 8.30. The van der Waals surface area contributed by atoms with Gasteiger partial charge in [0.15, 0.2) is 0 Å². The molecule has 1 heterocycles. The van der Waals surface area contributed by atoms with E-state index in [-0.39, 0.29) is 30.0 Å². The Morgan fingerprint density at radius 2 is 1.83 bits per heavy atom. The first-order valence-electron chi connectivity index (χ1n) is 10.4. The van der Waals surface area contributed by atoms with Crippen LogP contribution in [0.4, 0.5) is 14.9 Å². The quantitative estimate of drug-likeness (QED) is 0.619. The zero-order chi connectivity index (χ0) is 21.3. The van der Waals surface area contributed by atoms with Crippen LogP contribution in [0.5, 0.6) is 0 Å². The molecule has 4 rings (SSSR count). The van der Waals surface area contributed by atoms with Gasteiger partial charge in [-0.15, -0.1) is 0 Å². The van der Waals surface area contributed by atoms with Crippen molar-refractivity contribution in [1.29, 1.82) is 0 Å². The van der Waals surface area contributed by atoms with Gasteiger partial charge in [0.05, 0.1) is 12.1 Å². The van der Waals surface area contributed by atoms with Crippen LogP contribution < -0.4 is 10.9 Å². The standard InChI is InChI=1S/C24H26FN3O2/c1-15-11-16(2)22-17(12-15)13-18(23(29)27-22)14-28(21-5-3-4-6-21)24(30)26-20-9-7-19(25)8-10-20/h7-13,21H,3-6,14H2,1-2H3,(H,26,30)(H,27,29). The van der Waals surface area contributed by atoms with Crippen molar-refractivity contribution < 1.29 is 9.18 Å². The number of anilines is 1. The van der Waals surface area contributed by atoms with Crippen LogP contribution in [-0.4, -0.2) is 22.0 Å². The first-order valence-corrected chi connectivity index (χ1v) is 10.4. The molecule has 2 amide bonds. The average Bonchev–Trinajstić information content (AvgIpc) is 3.23. The summed E-state index contributed by atoms with van der Waals surface area (Å²) in [6.45, 7) is 4.24. The molecule has 1 aliphatic rings. The van der Waals surface area contributed by atoms with E-state index in [1.54, 1.807) is 4.90 Å². The molecule has 0 bridgehead atoms. The SMILES string of the molecule is Cc1cc(C)c2[nH]c(=O)c(CN(C(=O)Nc3ccc(F)cc3)C3CCCC3)cc2c1. The van der Waals surface area contributed by atoms with Crippen molar-refractivity contribution in [2.75, 3.05) is 5.32 Å². The Labute approximate surface area is 174 Å². The number of urea groups is 1. The van der Waals surface area contributed by atoms with E-state index in [4.69, 9.17) is 0 Å². The first-order chi connectivity index (χ1) is 14.4. The maximum absolute atomic E-state index is 13.2. The summed E-state index contributed by atoms with van der Waals surface area (Å²) in [5, 5.41) is 3.81. The highest BCUT2D eigenvalue weighted by atomic mass is 19.1. The van der Waals surface area contributed by atoms with Crippen molar-refractivity contribution in [2.45, 2.75) is 52.1 Å². The maximum Gasteiger partial charge on any atom is 0.322 e. The highest BCUT2D eigenvalue weighted by Crippen LogP contribution is 2.26. The molecule has 1 aromatic heterocycles. The van der Waals surface area contributed by atoms with Gasteiger partial charge in [0.2, 0.25) is 0 Å². The smallest absolute Gasteiger partial charge is 0.321 e. The van der Waals surface area contributed by atoms with E-state index in [1.165, 1.54) is 24.3 Å². The topological polar surface area (TPSA) is 65.2 Å². The summed E-state index contributed by atoms with van der Waals surface area (Å²) in [5.41, 5.74) is 3.90. The summed E-state index contributed by atoms with van der Waals surface area (Å²) < 4.78 is 13.2. The van der Waals surface area contributed by atoms with Crippen molar-refractivity contribution in [3.63, 3.8) is 0 Å². The number of fused-ring (bicyclic) bond motifs is 1. The third-order valence-corrected chi connectivity index (χ3v) is 5.83. The minimum atomic E-state index is -0.353. The molecule has 1 saturated carbocycles. The van der Waals surface area contributed by atoms with E-state index >= 15 is 0 Å². The lowest BCUT2D eigenvalue weighted by atomic mass is 10.0. The monoisotopic (exact) mass is 407 g/mol. The lowest BCUT2D eigenvalue weighted by molar-refractivity contribution is 0.184. The van der Waals surface area contributed by atoms with Crippen molar-refractivity contribution in [2.24, 2.45) is 0 Å². The summed E-state index contributed by atoms with van der Waals surface area (Å²) in [7, 11) is 0. The van der Waals surface area contributed by atoms with Gasteiger partial charge in [0.1, 0.15) is 5.82 Å².